The number of amides is 2. The number of rotatable bonds is 7. The quantitative estimate of drug-likeness (QED) is 0.262. The van der Waals surface area contributed by atoms with E-state index in [-0.39, 0.29) is 23.2 Å². The monoisotopic (exact) mass is 488 g/mol. The summed E-state index contributed by atoms with van der Waals surface area (Å²) in [5, 5.41) is 14.0. The summed E-state index contributed by atoms with van der Waals surface area (Å²) in [5.74, 6) is -1.00. The van der Waals surface area contributed by atoms with Gasteiger partial charge >= 0.3 is 0 Å². The van der Waals surface area contributed by atoms with Crippen LogP contribution in [0.4, 0.5) is 11.4 Å². The number of hydrogen-bond acceptors (Lipinski definition) is 6. The molecule has 2 N–H and O–H groups in total. The van der Waals surface area contributed by atoms with Gasteiger partial charge in [-0.25, -0.2) is 0 Å². The molecule has 0 spiro atoms. The van der Waals surface area contributed by atoms with E-state index in [9.17, 15) is 19.5 Å². The predicted molar refractivity (Wildman–Crippen MR) is 136 cm³/mol. The Hall–Kier alpha value is -4.33. The molecule has 1 aromatic heterocycles. The number of nitrogens with zero attached hydrogens (tertiary/aromatic N) is 1. The van der Waals surface area contributed by atoms with Crippen LogP contribution in [0.5, 0.6) is 5.75 Å². The Bertz CT molecular complexity index is 1320. The van der Waals surface area contributed by atoms with Crippen LogP contribution >= 0.6 is 0 Å². The number of ketones is 1. The van der Waals surface area contributed by atoms with Crippen LogP contribution in [0.15, 0.2) is 70.9 Å². The summed E-state index contributed by atoms with van der Waals surface area (Å²) in [6.45, 7) is 7.80. The maximum atomic E-state index is 13.3. The van der Waals surface area contributed by atoms with E-state index in [4.69, 9.17) is 9.15 Å². The fourth-order valence-electron chi connectivity index (χ4n) is 4.31. The number of aliphatic hydroxyl groups excluding tert-OH is 1. The molecule has 2 heterocycles. The number of carbonyl (C=O) groups excluding carboxylic acids is 3. The van der Waals surface area contributed by atoms with Crippen molar-refractivity contribution in [3.05, 3.63) is 83.3 Å². The topological polar surface area (TPSA) is 109 Å². The van der Waals surface area contributed by atoms with E-state index >= 15 is 0 Å². The normalized spacial score (nSPS) is 17.0. The van der Waals surface area contributed by atoms with Gasteiger partial charge < -0.3 is 19.6 Å². The Morgan fingerprint density at radius 2 is 1.86 bits per heavy atom. The maximum absolute atomic E-state index is 13.3. The van der Waals surface area contributed by atoms with Crippen molar-refractivity contribution in [2.75, 3.05) is 16.8 Å². The molecule has 1 aliphatic rings. The Morgan fingerprint density at radius 1 is 1.14 bits per heavy atom. The van der Waals surface area contributed by atoms with Crippen LogP contribution in [-0.4, -0.2) is 29.3 Å². The molecule has 186 valence electrons. The van der Waals surface area contributed by atoms with Gasteiger partial charge in [-0.3, -0.25) is 19.3 Å². The number of carbonyl (C=O) groups is 3. The molecule has 2 aromatic carbocycles. The van der Waals surface area contributed by atoms with Gasteiger partial charge in [0, 0.05) is 23.9 Å². The minimum absolute atomic E-state index is 0.0697. The lowest BCUT2D eigenvalue weighted by molar-refractivity contribution is -0.132. The lowest BCUT2D eigenvalue weighted by Gasteiger charge is -2.23. The molecule has 2 amide bonds. The SMILES string of the molecule is CCOc1ccc(/C(O)=C2/C(=O)C(=O)N(c3ccc(NC(C)=O)cc3)C2c2ccco2)cc1C(C)C. The molecule has 4 rings (SSSR count). The Balaban J connectivity index is 1.84. The van der Waals surface area contributed by atoms with Crippen LogP contribution < -0.4 is 15.0 Å². The minimum Gasteiger partial charge on any atom is -0.507 e. The molecule has 1 aliphatic heterocycles. The van der Waals surface area contributed by atoms with Gasteiger partial charge in [-0.05, 0) is 73.0 Å². The first-order valence-electron chi connectivity index (χ1n) is 11.7. The van der Waals surface area contributed by atoms with Gasteiger partial charge in [0.05, 0.1) is 18.4 Å². The van der Waals surface area contributed by atoms with Crippen molar-refractivity contribution >= 4 is 34.7 Å². The van der Waals surface area contributed by atoms with Gasteiger partial charge in [0.2, 0.25) is 5.91 Å². The van der Waals surface area contributed by atoms with Gasteiger partial charge in [0.1, 0.15) is 23.3 Å². The van der Waals surface area contributed by atoms with Crippen LogP contribution in [0.1, 0.15) is 56.5 Å². The molecule has 1 atom stereocenters. The minimum atomic E-state index is -0.972. The van der Waals surface area contributed by atoms with Crippen LogP contribution in [0.2, 0.25) is 0 Å². The van der Waals surface area contributed by atoms with Crippen molar-refractivity contribution in [3.8, 4) is 5.75 Å². The molecule has 0 radical (unpaired) electrons. The summed E-state index contributed by atoms with van der Waals surface area (Å²) in [6, 6.07) is 14.1. The van der Waals surface area contributed by atoms with Crippen LogP contribution in [0.25, 0.3) is 5.76 Å². The molecule has 0 saturated carbocycles. The number of benzene rings is 2. The first-order valence-corrected chi connectivity index (χ1v) is 11.7. The third-order valence-corrected chi connectivity index (χ3v) is 5.93. The second-order valence-corrected chi connectivity index (χ2v) is 8.75. The average molecular weight is 489 g/mol. The fourth-order valence-corrected chi connectivity index (χ4v) is 4.31. The predicted octanol–water partition coefficient (Wildman–Crippen LogP) is 5.39. The Labute approximate surface area is 209 Å². The largest absolute Gasteiger partial charge is 0.507 e. The number of furan rings is 1. The van der Waals surface area contributed by atoms with Gasteiger partial charge in [0.25, 0.3) is 11.7 Å². The zero-order valence-corrected chi connectivity index (χ0v) is 20.6. The van der Waals surface area contributed by atoms with Crippen molar-refractivity contribution in [2.45, 2.75) is 39.7 Å². The highest BCUT2D eigenvalue weighted by Gasteiger charge is 2.48. The van der Waals surface area contributed by atoms with Crippen molar-refractivity contribution < 1.29 is 28.6 Å². The molecular formula is C28H28N2O6. The summed E-state index contributed by atoms with van der Waals surface area (Å²) in [6.07, 6.45) is 1.45. The molecule has 1 unspecified atom stereocenters. The Morgan fingerprint density at radius 3 is 2.44 bits per heavy atom. The number of aliphatic hydroxyl groups is 1. The average Bonchev–Trinajstić information content (AvgIpc) is 3.46. The van der Waals surface area contributed by atoms with Crippen LogP contribution in [-0.2, 0) is 14.4 Å². The van der Waals surface area contributed by atoms with E-state index in [0.717, 1.165) is 5.56 Å². The van der Waals surface area contributed by atoms with Crippen molar-refractivity contribution in [2.24, 2.45) is 0 Å². The van der Waals surface area contributed by atoms with E-state index in [0.29, 0.717) is 35.1 Å². The first-order chi connectivity index (χ1) is 17.2. The molecule has 3 aromatic rings. The highest BCUT2D eigenvalue weighted by Crippen LogP contribution is 2.43. The van der Waals surface area contributed by atoms with Crippen molar-refractivity contribution in [1.82, 2.24) is 0 Å². The summed E-state index contributed by atoms with van der Waals surface area (Å²) in [7, 11) is 0. The van der Waals surface area contributed by atoms with E-state index in [1.54, 1.807) is 54.6 Å². The van der Waals surface area contributed by atoms with E-state index in [1.807, 2.05) is 20.8 Å². The molecule has 0 aliphatic carbocycles. The third-order valence-electron chi connectivity index (χ3n) is 5.93. The van der Waals surface area contributed by atoms with Crippen LogP contribution in [0.3, 0.4) is 0 Å². The summed E-state index contributed by atoms with van der Waals surface area (Å²) >= 11 is 0. The van der Waals surface area contributed by atoms with Crippen molar-refractivity contribution in [1.29, 1.82) is 0 Å². The zero-order valence-electron chi connectivity index (χ0n) is 20.6. The van der Waals surface area contributed by atoms with E-state index in [1.165, 1.54) is 18.1 Å². The second kappa shape index (κ2) is 10.1. The number of hydrogen-bond donors (Lipinski definition) is 2. The molecule has 36 heavy (non-hydrogen) atoms. The zero-order chi connectivity index (χ0) is 26.0. The highest BCUT2D eigenvalue weighted by molar-refractivity contribution is 6.51. The Kier molecular flexibility index (Phi) is 6.96. The lowest BCUT2D eigenvalue weighted by atomic mass is 9.95. The first kappa shape index (κ1) is 24.8. The lowest BCUT2D eigenvalue weighted by Crippen LogP contribution is -2.29. The molecule has 1 fully saturated rings. The smallest absolute Gasteiger partial charge is 0.300 e. The molecule has 0 bridgehead atoms. The van der Waals surface area contributed by atoms with Gasteiger partial charge in [0.15, 0.2) is 0 Å². The standard InChI is InChI=1S/C28H28N2O6/c1-5-35-22-13-8-18(15-21(22)16(2)3)26(32)24-25(23-7-6-14-36-23)30(28(34)27(24)33)20-11-9-19(10-12-20)29-17(4)31/h6-16,25,32H,5H2,1-4H3,(H,29,31)/b26-24-. The molecule has 8 heteroatoms. The fraction of sp³-hybridized carbons (Fsp3) is 0.250. The van der Waals surface area contributed by atoms with E-state index < -0.39 is 17.7 Å². The third kappa shape index (κ3) is 4.62. The molecular weight excluding hydrogens is 460 g/mol. The number of ether oxygens (including phenoxy) is 1. The highest BCUT2D eigenvalue weighted by atomic mass is 16.5. The maximum Gasteiger partial charge on any atom is 0.300 e. The number of anilines is 2. The summed E-state index contributed by atoms with van der Waals surface area (Å²) < 4.78 is 11.3. The van der Waals surface area contributed by atoms with Crippen molar-refractivity contribution in [3.63, 3.8) is 0 Å². The summed E-state index contributed by atoms with van der Waals surface area (Å²) in [4.78, 5) is 39.2. The molecule has 8 nitrogen and oxygen atoms in total. The van der Waals surface area contributed by atoms with Crippen LogP contribution in [0, 0.1) is 0 Å². The number of Topliss-reactive ketones (excluding diaryl/α,β-unsaturated/α-hetero) is 1. The van der Waals surface area contributed by atoms with Gasteiger partial charge in [-0.2, -0.15) is 0 Å². The molecule has 1 saturated heterocycles. The second-order valence-electron chi connectivity index (χ2n) is 8.75. The summed E-state index contributed by atoms with van der Waals surface area (Å²) in [5.41, 5.74) is 2.17. The van der Waals surface area contributed by atoms with E-state index in [2.05, 4.69) is 5.32 Å². The van der Waals surface area contributed by atoms with Gasteiger partial charge in [-0.1, -0.05) is 13.8 Å². The van der Waals surface area contributed by atoms with Gasteiger partial charge in [-0.15, -0.1) is 0 Å². The number of nitrogens with one attached hydrogen (secondary N) is 1.